The van der Waals surface area contributed by atoms with Crippen molar-refractivity contribution in [3.63, 3.8) is 0 Å². The predicted octanol–water partition coefficient (Wildman–Crippen LogP) is 2.34. The number of anilines is 2. The minimum atomic E-state index is 0.452. The molecule has 2 rings (SSSR count). The van der Waals surface area contributed by atoms with Crippen LogP contribution in [0.4, 0.5) is 11.4 Å². The van der Waals surface area contributed by atoms with E-state index in [2.05, 4.69) is 34.5 Å². The summed E-state index contributed by atoms with van der Waals surface area (Å²) in [6.45, 7) is 2.19. The largest absolute Gasteiger partial charge is 0.388 e. The molecule has 1 aromatic rings. The summed E-state index contributed by atoms with van der Waals surface area (Å²) in [5.74, 6) is 0. The first-order valence-corrected chi connectivity index (χ1v) is 5.89. The van der Waals surface area contributed by atoms with Crippen molar-refractivity contribution in [1.82, 2.24) is 0 Å². The molecule has 0 unspecified atom stereocenters. The van der Waals surface area contributed by atoms with Gasteiger partial charge in [0.1, 0.15) is 0 Å². The first-order chi connectivity index (χ1) is 7.83. The monoisotopic (exact) mass is 220 g/mol. The predicted molar refractivity (Wildman–Crippen MR) is 68.2 cm³/mol. The highest BCUT2D eigenvalue weighted by Gasteiger charge is 2.18. The maximum Gasteiger partial charge on any atom is 0.0605 e. The Hall–Kier alpha value is -1.22. The van der Waals surface area contributed by atoms with Gasteiger partial charge in [0.25, 0.3) is 0 Å². The van der Waals surface area contributed by atoms with Crippen LogP contribution < -0.4 is 10.2 Å². The van der Waals surface area contributed by atoms with E-state index in [0.717, 1.165) is 31.6 Å². The fourth-order valence-electron chi connectivity index (χ4n) is 2.19. The van der Waals surface area contributed by atoms with E-state index in [4.69, 9.17) is 4.74 Å². The minimum Gasteiger partial charge on any atom is -0.388 e. The van der Waals surface area contributed by atoms with Crippen LogP contribution in [0.5, 0.6) is 0 Å². The molecule has 0 saturated carbocycles. The van der Waals surface area contributed by atoms with Crippen LogP contribution in [0.1, 0.15) is 12.8 Å². The Kier molecular flexibility index (Phi) is 3.67. The Labute approximate surface area is 97.4 Å². The van der Waals surface area contributed by atoms with Crippen molar-refractivity contribution >= 4 is 11.4 Å². The van der Waals surface area contributed by atoms with Crippen LogP contribution in [0.3, 0.4) is 0 Å². The Morgan fingerprint density at radius 1 is 1.19 bits per heavy atom. The maximum absolute atomic E-state index is 5.38. The molecule has 3 nitrogen and oxygen atoms in total. The molecule has 1 fully saturated rings. The molecule has 1 aliphatic heterocycles. The Balaban J connectivity index is 1.97. The molecule has 1 N–H and O–H groups in total. The highest BCUT2D eigenvalue weighted by atomic mass is 16.5. The summed E-state index contributed by atoms with van der Waals surface area (Å²) in [6.07, 6.45) is 2.71. The maximum atomic E-state index is 5.38. The first kappa shape index (κ1) is 11.3. The zero-order chi connectivity index (χ0) is 11.4. The van der Waals surface area contributed by atoms with E-state index < -0.39 is 0 Å². The van der Waals surface area contributed by atoms with E-state index in [9.17, 15) is 0 Å². The summed E-state index contributed by atoms with van der Waals surface area (Å²) in [7, 11) is 3.75. The quantitative estimate of drug-likeness (QED) is 0.846. The lowest BCUT2D eigenvalue weighted by atomic mass is 10.1. The van der Waals surface area contributed by atoms with Crippen molar-refractivity contribution in [2.75, 3.05) is 37.5 Å². The van der Waals surface area contributed by atoms with Crippen molar-refractivity contribution in [3.05, 3.63) is 24.3 Å². The number of benzene rings is 1. The molecule has 0 amide bonds. The third kappa shape index (κ3) is 2.47. The third-order valence-electron chi connectivity index (χ3n) is 3.30. The normalized spacial score (nSPS) is 17.5. The number of nitrogens with one attached hydrogen (secondary N) is 1. The molecule has 1 aliphatic rings. The highest BCUT2D eigenvalue weighted by Crippen LogP contribution is 2.22. The van der Waals surface area contributed by atoms with Crippen molar-refractivity contribution < 1.29 is 4.74 Å². The summed E-state index contributed by atoms with van der Waals surface area (Å²) in [6, 6.07) is 8.60. The SMILES string of the molecule is CNc1ccc(N2CCC(OC)CC2)cc1. The number of piperidine rings is 1. The molecule has 3 heteroatoms. The molecule has 0 spiro atoms. The number of nitrogens with zero attached hydrogens (tertiary/aromatic N) is 1. The number of hydrogen-bond donors (Lipinski definition) is 1. The molecule has 88 valence electrons. The Morgan fingerprint density at radius 2 is 1.81 bits per heavy atom. The average molecular weight is 220 g/mol. The second kappa shape index (κ2) is 5.21. The Bertz CT molecular complexity index is 315. The lowest BCUT2D eigenvalue weighted by Gasteiger charge is -2.33. The van der Waals surface area contributed by atoms with Gasteiger partial charge in [-0.2, -0.15) is 0 Å². The fourth-order valence-corrected chi connectivity index (χ4v) is 2.19. The van der Waals surface area contributed by atoms with Gasteiger partial charge < -0.3 is 15.0 Å². The fraction of sp³-hybridized carbons (Fsp3) is 0.538. The number of hydrogen-bond acceptors (Lipinski definition) is 3. The second-order valence-corrected chi connectivity index (χ2v) is 4.22. The Morgan fingerprint density at radius 3 is 2.31 bits per heavy atom. The van der Waals surface area contributed by atoms with Gasteiger partial charge in [-0.15, -0.1) is 0 Å². The van der Waals surface area contributed by atoms with Crippen LogP contribution in [0.25, 0.3) is 0 Å². The van der Waals surface area contributed by atoms with Crippen molar-refractivity contribution in [1.29, 1.82) is 0 Å². The van der Waals surface area contributed by atoms with E-state index in [1.165, 1.54) is 5.69 Å². The van der Waals surface area contributed by atoms with Gasteiger partial charge in [0.2, 0.25) is 0 Å². The van der Waals surface area contributed by atoms with E-state index in [1.54, 1.807) is 0 Å². The van der Waals surface area contributed by atoms with Gasteiger partial charge in [0, 0.05) is 38.6 Å². The molecule has 0 aromatic heterocycles. The molecule has 1 heterocycles. The second-order valence-electron chi connectivity index (χ2n) is 4.22. The molecule has 16 heavy (non-hydrogen) atoms. The number of methoxy groups -OCH3 is 1. The minimum absolute atomic E-state index is 0.452. The van der Waals surface area contributed by atoms with E-state index in [1.807, 2.05) is 14.2 Å². The molecule has 0 bridgehead atoms. The molecule has 1 saturated heterocycles. The van der Waals surface area contributed by atoms with Crippen molar-refractivity contribution in [3.8, 4) is 0 Å². The van der Waals surface area contributed by atoms with Gasteiger partial charge in [-0.3, -0.25) is 0 Å². The van der Waals surface area contributed by atoms with Crippen LogP contribution in [0.2, 0.25) is 0 Å². The van der Waals surface area contributed by atoms with Crippen molar-refractivity contribution in [2.24, 2.45) is 0 Å². The standard InChI is InChI=1S/C13H20N2O/c1-14-11-3-5-12(6-4-11)15-9-7-13(16-2)8-10-15/h3-6,13-14H,7-10H2,1-2H3. The molecular weight excluding hydrogens is 200 g/mol. The van der Waals surface area contributed by atoms with E-state index in [-0.39, 0.29) is 0 Å². The highest BCUT2D eigenvalue weighted by molar-refractivity contribution is 5.55. The molecule has 0 radical (unpaired) electrons. The van der Waals surface area contributed by atoms with E-state index >= 15 is 0 Å². The van der Waals surface area contributed by atoms with Crippen molar-refractivity contribution in [2.45, 2.75) is 18.9 Å². The van der Waals surface area contributed by atoms with Crippen LogP contribution in [0.15, 0.2) is 24.3 Å². The molecule has 1 aromatic carbocycles. The summed E-state index contributed by atoms with van der Waals surface area (Å²) in [5, 5.41) is 3.13. The van der Waals surface area contributed by atoms with Crippen LogP contribution in [-0.4, -0.2) is 33.4 Å². The topological polar surface area (TPSA) is 24.5 Å². The summed E-state index contributed by atoms with van der Waals surface area (Å²) >= 11 is 0. The van der Waals surface area contributed by atoms with Crippen LogP contribution in [0, 0.1) is 0 Å². The smallest absolute Gasteiger partial charge is 0.0605 e. The summed E-state index contributed by atoms with van der Waals surface area (Å²) < 4.78 is 5.38. The number of rotatable bonds is 3. The van der Waals surface area contributed by atoms with Crippen LogP contribution >= 0.6 is 0 Å². The van der Waals surface area contributed by atoms with Crippen LogP contribution in [-0.2, 0) is 4.74 Å². The van der Waals surface area contributed by atoms with Gasteiger partial charge in [0.05, 0.1) is 6.10 Å². The molecule has 0 atom stereocenters. The zero-order valence-corrected chi connectivity index (χ0v) is 10.1. The summed E-state index contributed by atoms with van der Waals surface area (Å²) in [4.78, 5) is 2.43. The summed E-state index contributed by atoms with van der Waals surface area (Å²) in [5.41, 5.74) is 2.48. The first-order valence-electron chi connectivity index (χ1n) is 5.89. The lowest BCUT2D eigenvalue weighted by molar-refractivity contribution is 0.0819. The van der Waals surface area contributed by atoms with Gasteiger partial charge in [-0.25, -0.2) is 0 Å². The van der Waals surface area contributed by atoms with Gasteiger partial charge >= 0.3 is 0 Å². The third-order valence-corrected chi connectivity index (χ3v) is 3.30. The number of ether oxygens (including phenoxy) is 1. The zero-order valence-electron chi connectivity index (χ0n) is 10.1. The lowest BCUT2D eigenvalue weighted by Crippen LogP contribution is -2.36. The molecule has 0 aliphatic carbocycles. The van der Waals surface area contributed by atoms with Gasteiger partial charge in [-0.1, -0.05) is 0 Å². The van der Waals surface area contributed by atoms with E-state index in [0.29, 0.717) is 6.10 Å². The molecular formula is C13H20N2O. The average Bonchev–Trinajstić information content (AvgIpc) is 2.39. The van der Waals surface area contributed by atoms with Gasteiger partial charge in [0.15, 0.2) is 0 Å². The van der Waals surface area contributed by atoms with Gasteiger partial charge in [-0.05, 0) is 37.1 Å².